The Kier molecular flexibility index (Phi) is 6.30. The maximum absolute atomic E-state index is 12.3. The first kappa shape index (κ1) is 19.2. The van der Waals surface area contributed by atoms with Crippen LogP contribution in [0.15, 0.2) is 50.2 Å². The zero-order chi connectivity index (χ0) is 17.9. The molecule has 2 aromatic rings. The molecule has 0 aliphatic heterocycles. The molecule has 1 amide bonds. The van der Waals surface area contributed by atoms with E-state index in [1.807, 2.05) is 4.72 Å². The van der Waals surface area contributed by atoms with E-state index in [4.69, 9.17) is 16.3 Å². The van der Waals surface area contributed by atoms with E-state index in [1.54, 1.807) is 37.3 Å². The van der Waals surface area contributed by atoms with E-state index in [9.17, 15) is 13.2 Å². The molecule has 0 aliphatic carbocycles. The summed E-state index contributed by atoms with van der Waals surface area (Å²) >= 11 is 12.3. The summed E-state index contributed by atoms with van der Waals surface area (Å²) in [6.07, 6.45) is 0. The molecule has 0 fully saturated rings. The number of hydrogen-bond donors (Lipinski definition) is 1. The van der Waals surface area contributed by atoms with Crippen LogP contribution in [-0.2, 0) is 14.8 Å². The molecule has 0 unspecified atom stereocenters. The van der Waals surface area contributed by atoms with Crippen LogP contribution in [0, 0.1) is 6.92 Å². The smallest absolute Gasteiger partial charge is 0.271 e. The molecule has 9 heteroatoms. The van der Waals surface area contributed by atoms with Gasteiger partial charge in [0.25, 0.3) is 15.9 Å². The molecule has 24 heavy (non-hydrogen) atoms. The van der Waals surface area contributed by atoms with Crippen molar-refractivity contribution in [2.75, 3.05) is 6.61 Å². The Labute approximate surface area is 161 Å². The maximum Gasteiger partial charge on any atom is 0.271 e. The van der Waals surface area contributed by atoms with Gasteiger partial charge in [-0.1, -0.05) is 27.5 Å². The Morgan fingerprint density at radius 1 is 1.21 bits per heavy atom. The molecular weight excluding hydrogens is 485 g/mol. The van der Waals surface area contributed by atoms with Gasteiger partial charge in [-0.3, -0.25) is 4.79 Å². The van der Waals surface area contributed by atoms with Gasteiger partial charge in [0.15, 0.2) is 6.61 Å². The van der Waals surface area contributed by atoms with Crippen molar-refractivity contribution in [1.82, 2.24) is 4.72 Å². The number of ether oxygens (including phenoxy) is 1. The first-order valence-corrected chi connectivity index (χ1v) is 10.0. The molecule has 1 N–H and O–H groups in total. The number of amides is 1. The number of hydrogen-bond acceptors (Lipinski definition) is 4. The lowest BCUT2D eigenvalue weighted by atomic mass is 10.2. The van der Waals surface area contributed by atoms with Crippen molar-refractivity contribution in [3.05, 3.63) is 55.9 Å². The summed E-state index contributed by atoms with van der Waals surface area (Å²) in [7, 11) is -4.01. The van der Waals surface area contributed by atoms with Crippen LogP contribution < -0.4 is 9.46 Å². The Hall–Kier alpha value is -1.09. The van der Waals surface area contributed by atoms with E-state index in [1.165, 1.54) is 6.07 Å². The molecule has 2 aromatic carbocycles. The van der Waals surface area contributed by atoms with E-state index in [-0.39, 0.29) is 4.90 Å². The van der Waals surface area contributed by atoms with Crippen molar-refractivity contribution in [3.63, 3.8) is 0 Å². The Morgan fingerprint density at radius 3 is 2.58 bits per heavy atom. The van der Waals surface area contributed by atoms with E-state index < -0.39 is 22.5 Å². The fourth-order valence-corrected chi connectivity index (χ4v) is 4.36. The normalized spacial score (nSPS) is 11.2. The van der Waals surface area contributed by atoms with Crippen molar-refractivity contribution in [2.45, 2.75) is 11.8 Å². The third kappa shape index (κ3) is 4.95. The van der Waals surface area contributed by atoms with E-state index in [2.05, 4.69) is 31.9 Å². The van der Waals surface area contributed by atoms with Gasteiger partial charge in [-0.05, 0) is 64.8 Å². The second kappa shape index (κ2) is 7.86. The van der Waals surface area contributed by atoms with Gasteiger partial charge in [-0.2, -0.15) is 0 Å². The number of carbonyl (C=O) groups excluding carboxylic acids is 1. The van der Waals surface area contributed by atoms with Crippen LogP contribution in [0.25, 0.3) is 0 Å². The largest absolute Gasteiger partial charge is 0.484 e. The lowest BCUT2D eigenvalue weighted by Crippen LogP contribution is -2.34. The van der Waals surface area contributed by atoms with E-state index in [0.29, 0.717) is 19.7 Å². The Balaban J connectivity index is 2.05. The van der Waals surface area contributed by atoms with Crippen LogP contribution >= 0.6 is 43.5 Å². The molecule has 5 nitrogen and oxygen atoms in total. The number of carbonyl (C=O) groups is 1. The summed E-state index contributed by atoms with van der Waals surface area (Å²) in [6.45, 7) is 1.36. The standard InChI is InChI=1S/C15H12Br2ClNO4S/c1-9-6-11(3-5-13(9)18)23-8-15(20)19-24(21,22)14-7-10(16)2-4-12(14)17/h2-7H,8H2,1H3,(H,19,20). The summed E-state index contributed by atoms with van der Waals surface area (Å²) in [5.41, 5.74) is 0.792. The zero-order valence-corrected chi connectivity index (χ0v) is 17.1. The zero-order valence-electron chi connectivity index (χ0n) is 12.3. The van der Waals surface area contributed by atoms with Gasteiger partial charge < -0.3 is 4.74 Å². The van der Waals surface area contributed by atoms with Gasteiger partial charge in [0.2, 0.25) is 0 Å². The van der Waals surface area contributed by atoms with Gasteiger partial charge in [-0.25, -0.2) is 13.1 Å². The molecule has 0 saturated heterocycles. The molecule has 0 aliphatic rings. The number of rotatable bonds is 5. The predicted octanol–water partition coefficient (Wildman–Crippen LogP) is 4.06. The monoisotopic (exact) mass is 495 g/mol. The Morgan fingerprint density at radius 2 is 1.92 bits per heavy atom. The van der Waals surface area contributed by atoms with Gasteiger partial charge in [0.05, 0.1) is 0 Å². The Bertz CT molecular complexity index is 887. The summed E-state index contributed by atoms with van der Waals surface area (Å²) in [5.74, 6) is -0.359. The summed E-state index contributed by atoms with van der Waals surface area (Å²) in [4.78, 5) is 11.8. The summed E-state index contributed by atoms with van der Waals surface area (Å²) in [5, 5.41) is 0.578. The van der Waals surface area contributed by atoms with Gasteiger partial charge in [0.1, 0.15) is 10.6 Å². The van der Waals surface area contributed by atoms with Crippen molar-refractivity contribution in [1.29, 1.82) is 0 Å². The second-order valence-corrected chi connectivity index (χ2v) is 8.63. The van der Waals surface area contributed by atoms with Crippen molar-refractivity contribution >= 4 is 59.4 Å². The SMILES string of the molecule is Cc1cc(OCC(=O)NS(=O)(=O)c2cc(Br)ccc2Br)ccc1Cl. The fraction of sp³-hybridized carbons (Fsp3) is 0.133. The molecule has 0 saturated carbocycles. The number of sulfonamides is 1. The van der Waals surface area contributed by atoms with Gasteiger partial charge >= 0.3 is 0 Å². The minimum atomic E-state index is -4.01. The van der Waals surface area contributed by atoms with Crippen molar-refractivity contribution in [2.24, 2.45) is 0 Å². The van der Waals surface area contributed by atoms with Crippen LogP contribution in [0.5, 0.6) is 5.75 Å². The molecule has 0 heterocycles. The first-order valence-electron chi connectivity index (χ1n) is 6.59. The third-order valence-electron chi connectivity index (χ3n) is 2.93. The quantitative estimate of drug-likeness (QED) is 0.676. The predicted molar refractivity (Wildman–Crippen MR) is 98.9 cm³/mol. The number of nitrogens with one attached hydrogen (secondary N) is 1. The molecule has 0 aromatic heterocycles. The summed E-state index contributed by atoms with van der Waals surface area (Å²) in [6, 6.07) is 9.53. The highest BCUT2D eigenvalue weighted by molar-refractivity contribution is 9.11. The molecule has 2 rings (SSSR count). The molecule has 0 atom stereocenters. The highest BCUT2D eigenvalue weighted by atomic mass is 79.9. The van der Waals surface area contributed by atoms with Crippen LogP contribution in [-0.4, -0.2) is 20.9 Å². The minimum Gasteiger partial charge on any atom is -0.484 e. The first-order chi connectivity index (χ1) is 11.2. The molecule has 0 radical (unpaired) electrons. The highest BCUT2D eigenvalue weighted by Gasteiger charge is 2.21. The number of aryl methyl sites for hydroxylation is 1. The lowest BCUT2D eigenvalue weighted by molar-refractivity contribution is -0.121. The molecule has 0 bridgehead atoms. The number of benzene rings is 2. The van der Waals surface area contributed by atoms with Crippen LogP contribution in [0.1, 0.15) is 5.56 Å². The summed E-state index contributed by atoms with van der Waals surface area (Å²) < 4.78 is 32.7. The fourth-order valence-electron chi connectivity index (χ4n) is 1.77. The average Bonchev–Trinajstić information content (AvgIpc) is 2.50. The van der Waals surface area contributed by atoms with Crippen LogP contribution in [0.4, 0.5) is 0 Å². The van der Waals surface area contributed by atoms with Crippen LogP contribution in [0.2, 0.25) is 5.02 Å². The minimum absolute atomic E-state index is 0.0486. The van der Waals surface area contributed by atoms with Crippen LogP contribution in [0.3, 0.4) is 0 Å². The van der Waals surface area contributed by atoms with Gasteiger partial charge in [-0.15, -0.1) is 0 Å². The number of halogens is 3. The topological polar surface area (TPSA) is 72.5 Å². The molecular formula is C15H12Br2ClNO4S. The van der Waals surface area contributed by atoms with Gasteiger partial charge in [0, 0.05) is 14.0 Å². The molecule has 0 spiro atoms. The maximum atomic E-state index is 12.3. The van der Waals surface area contributed by atoms with E-state index in [0.717, 1.165) is 5.56 Å². The molecule has 128 valence electrons. The average molecular weight is 498 g/mol. The van der Waals surface area contributed by atoms with Crippen molar-refractivity contribution < 1.29 is 17.9 Å². The van der Waals surface area contributed by atoms with Crippen molar-refractivity contribution in [3.8, 4) is 5.75 Å². The third-order valence-corrected chi connectivity index (χ3v) is 6.21. The second-order valence-electron chi connectivity index (χ2n) is 4.80. The highest BCUT2D eigenvalue weighted by Crippen LogP contribution is 2.25. The van der Waals surface area contributed by atoms with E-state index >= 15 is 0 Å². The lowest BCUT2D eigenvalue weighted by Gasteiger charge is -2.10.